The largest absolute Gasteiger partial charge is 0.516 e. The Bertz CT molecular complexity index is 158. The monoisotopic (exact) mass is 192 g/mol. The van der Waals surface area contributed by atoms with Gasteiger partial charge in [0.25, 0.3) is 0 Å². The zero-order valence-electron chi connectivity index (χ0n) is 7.16. The van der Waals surface area contributed by atoms with Crippen LogP contribution in [0.15, 0.2) is 0 Å². The highest BCUT2D eigenvalue weighted by molar-refractivity contribution is 5.97. The van der Waals surface area contributed by atoms with Gasteiger partial charge in [0, 0.05) is 6.42 Å². The van der Waals surface area contributed by atoms with Crippen molar-refractivity contribution in [1.29, 1.82) is 0 Å². The molecule has 0 N–H and O–H groups in total. The summed E-state index contributed by atoms with van der Waals surface area (Å²) >= 11 is 0. The van der Waals surface area contributed by atoms with Crippen LogP contribution >= 0.6 is 0 Å². The molecule has 0 radical (unpaired) electrons. The standard InChI is InChI=1S/C6H12O5Si/c1-2-5(7)11-6(8)9-3-4-10-12/h2-4H2,1,12H3. The van der Waals surface area contributed by atoms with Crippen LogP contribution in [0.25, 0.3) is 0 Å². The molecule has 0 aliphatic heterocycles. The van der Waals surface area contributed by atoms with E-state index in [0.717, 1.165) is 0 Å². The van der Waals surface area contributed by atoms with Gasteiger partial charge in [-0.05, 0) is 0 Å². The summed E-state index contributed by atoms with van der Waals surface area (Å²) in [5.41, 5.74) is 0. The van der Waals surface area contributed by atoms with Crippen molar-refractivity contribution in [1.82, 2.24) is 0 Å². The van der Waals surface area contributed by atoms with E-state index in [2.05, 4.69) is 9.47 Å². The average molecular weight is 192 g/mol. The number of hydrogen-bond donors (Lipinski definition) is 0. The molecule has 0 amide bonds. The minimum Gasteiger partial charge on any atom is -0.432 e. The van der Waals surface area contributed by atoms with Gasteiger partial charge in [0.05, 0.1) is 6.61 Å². The van der Waals surface area contributed by atoms with Gasteiger partial charge < -0.3 is 13.9 Å². The predicted molar refractivity (Wildman–Crippen MR) is 43.6 cm³/mol. The maximum absolute atomic E-state index is 10.6. The topological polar surface area (TPSA) is 61.8 Å². The third kappa shape index (κ3) is 5.87. The first-order valence-electron chi connectivity index (χ1n) is 3.57. The summed E-state index contributed by atoms with van der Waals surface area (Å²) in [6.45, 7) is 2.07. The molecule has 0 fully saturated rings. The summed E-state index contributed by atoms with van der Waals surface area (Å²) in [6.07, 6.45) is -0.799. The van der Waals surface area contributed by atoms with E-state index < -0.39 is 12.1 Å². The Morgan fingerprint density at radius 3 is 2.50 bits per heavy atom. The first-order valence-corrected chi connectivity index (χ1v) is 4.38. The van der Waals surface area contributed by atoms with Gasteiger partial charge in [0.2, 0.25) is 0 Å². The Morgan fingerprint density at radius 1 is 1.33 bits per heavy atom. The van der Waals surface area contributed by atoms with Crippen LogP contribution in [0.1, 0.15) is 13.3 Å². The molecule has 6 heteroatoms. The lowest BCUT2D eigenvalue weighted by Crippen LogP contribution is -2.15. The second kappa shape index (κ2) is 6.80. The first-order chi connectivity index (χ1) is 5.70. The molecule has 0 aromatic heterocycles. The van der Waals surface area contributed by atoms with E-state index in [1.807, 2.05) is 0 Å². The fourth-order valence-electron chi connectivity index (χ4n) is 0.403. The fourth-order valence-corrected chi connectivity index (χ4v) is 0.570. The highest BCUT2D eigenvalue weighted by Gasteiger charge is 2.08. The Labute approximate surface area is 73.5 Å². The summed E-state index contributed by atoms with van der Waals surface area (Å²) in [6, 6.07) is 0. The van der Waals surface area contributed by atoms with Gasteiger partial charge in [-0.3, -0.25) is 4.79 Å². The molecule has 5 nitrogen and oxygen atoms in total. The van der Waals surface area contributed by atoms with Crippen LogP contribution in [0.4, 0.5) is 4.79 Å². The number of rotatable bonds is 4. The molecule has 12 heavy (non-hydrogen) atoms. The zero-order chi connectivity index (χ0) is 9.40. The van der Waals surface area contributed by atoms with Crippen LogP contribution in [0, 0.1) is 0 Å². The van der Waals surface area contributed by atoms with Gasteiger partial charge in [-0.15, -0.1) is 0 Å². The van der Waals surface area contributed by atoms with Crippen LogP contribution in [0.2, 0.25) is 0 Å². The van der Waals surface area contributed by atoms with E-state index in [1.165, 1.54) is 0 Å². The Kier molecular flexibility index (Phi) is 6.30. The molecule has 0 aromatic carbocycles. The molecular formula is C6H12O5Si. The molecule has 0 saturated carbocycles. The molecule has 0 aliphatic rings. The average Bonchev–Trinajstić information content (AvgIpc) is 2.05. The number of hydrogen-bond acceptors (Lipinski definition) is 5. The van der Waals surface area contributed by atoms with E-state index in [1.54, 1.807) is 6.92 Å². The van der Waals surface area contributed by atoms with Crippen LogP contribution in [0.5, 0.6) is 0 Å². The maximum Gasteiger partial charge on any atom is 0.516 e. The van der Waals surface area contributed by atoms with Crippen molar-refractivity contribution in [2.24, 2.45) is 0 Å². The van der Waals surface area contributed by atoms with E-state index in [0.29, 0.717) is 17.1 Å². The van der Waals surface area contributed by atoms with Crippen molar-refractivity contribution in [2.45, 2.75) is 13.3 Å². The van der Waals surface area contributed by atoms with Crippen molar-refractivity contribution in [2.75, 3.05) is 13.2 Å². The summed E-state index contributed by atoms with van der Waals surface area (Å²) < 4.78 is 13.4. The summed E-state index contributed by atoms with van der Waals surface area (Å²) in [7, 11) is 0.599. The molecule has 0 heterocycles. The van der Waals surface area contributed by atoms with Crippen molar-refractivity contribution >= 4 is 22.6 Å². The minimum atomic E-state index is -0.958. The molecule has 0 bridgehead atoms. The van der Waals surface area contributed by atoms with Crippen molar-refractivity contribution in [3.63, 3.8) is 0 Å². The maximum atomic E-state index is 10.6. The summed E-state index contributed by atoms with van der Waals surface area (Å²) in [4.78, 5) is 21.1. The lowest BCUT2D eigenvalue weighted by atomic mass is 10.5. The van der Waals surface area contributed by atoms with E-state index in [-0.39, 0.29) is 13.0 Å². The van der Waals surface area contributed by atoms with Crippen molar-refractivity contribution in [3.05, 3.63) is 0 Å². The second-order valence-corrected chi connectivity index (χ2v) is 2.50. The van der Waals surface area contributed by atoms with Gasteiger partial charge in [0.15, 0.2) is 0 Å². The van der Waals surface area contributed by atoms with Gasteiger partial charge >= 0.3 is 12.1 Å². The number of esters is 1. The third-order valence-corrected chi connectivity index (χ3v) is 1.40. The van der Waals surface area contributed by atoms with Gasteiger partial charge in [-0.1, -0.05) is 6.92 Å². The molecule has 0 aliphatic carbocycles. The Balaban J connectivity index is 3.40. The SMILES string of the molecule is CCC(=O)OC(=O)OCCO[SiH3]. The highest BCUT2D eigenvalue weighted by Crippen LogP contribution is 1.89. The van der Waals surface area contributed by atoms with E-state index >= 15 is 0 Å². The summed E-state index contributed by atoms with van der Waals surface area (Å²) in [5, 5.41) is 0. The molecule has 0 aromatic rings. The second-order valence-electron chi connectivity index (χ2n) is 1.92. The van der Waals surface area contributed by atoms with Crippen LogP contribution in [0.3, 0.4) is 0 Å². The van der Waals surface area contributed by atoms with Crippen molar-refractivity contribution < 1.29 is 23.5 Å². The third-order valence-electron chi connectivity index (χ3n) is 0.993. The number of ether oxygens (including phenoxy) is 2. The van der Waals surface area contributed by atoms with Crippen LogP contribution < -0.4 is 0 Å². The summed E-state index contributed by atoms with van der Waals surface area (Å²) in [5.74, 6) is -0.591. The molecule has 0 saturated heterocycles. The molecule has 0 rings (SSSR count). The van der Waals surface area contributed by atoms with Gasteiger partial charge in [-0.2, -0.15) is 0 Å². The predicted octanol–water partition coefficient (Wildman–Crippen LogP) is -0.627. The van der Waals surface area contributed by atoms with Crippen LogP contribution in [-0.4, -0.2) is 35.8 Å². The molecule has 0 spiro atoms. The lowest BCUT2D eigenvalue weighted by Gasteiger charge is -2.02. The van der Waals surface area contributed by atoms with E-state index in [9.17, 15) is 9.59 Å². The fraction of sp³-hybridized carbons (Fsp3) is 0.667. The molecular weight excluding hydrogens is 180 g/mol. The molecule has 0 atom stereocenters. The van der Waals surface area contributed by atoms with Crippen molar-refractivity contribution in [3.8, 4) is 0 Å². The van der Waals surface area contributed by atoms with Crippen LogP contribution in [-0.2, 0) is 18.7 Å². The molecule has 0 unspecified atom stereocenters. The Morgan fingerprint density at radius 2 is 2.00 bits per heavy atom. The smallest absolute Gasteiger partial charge is 0.432 e. The normalized spacial score (nSPS) is 9.42. The number of carbonyl (C=O) groups is 2. The zero-order valence-corrected chi connectivity index (χ0v) is 9.16. The van der Waals surface area contributed by atoms with E-state index in [4.69, 9.17) is 4.43 Å². The first kappa shape index (κ1) is 11.1. The highest BCUT2D eigenvalue weighted by atomic mass is 28.2. The van der Waals surface area contributed by atoms with Gasteiger partial charge in [-0.25, -0.2) is 4.79 Å². The quantitative estimate of drug-likeness (QED) is 0.257. The molecule has 70 valence electrons. The number of carbonyl (C=O) groups excluding carboxylic acids is 2. The minimum absolute atomic E-state index is 0.124. The Hall–Kier alpha value is -0.883. The lowest BCUT2D eigenvalue weighted by molar-refractivity contribution is -0.139. The van der Waals surface area contributed by atoms with Gasteiger partial charge in [0.1, 0.15) is 17.1 Å².